The number of hydrogen-bond acceptors (Lipinski definition) is 4. The highest BCUT2D eigenvalue weighted by atomic mass is 19.4. The van der Waals surface area contributed by atoms with Crippen LogP contribution in [0.25, 0.3) is 0 Å². The standard InChI is InChI=1S/C10H15F3N4/c1-7-8(2)16-9(5-15-7)17(4-3-14)6-10(11,12)13/h5H,3-4,6,14H2,1-2H3. The summed E-state index contributed by atoms with van der Waals surface area (Å²) < 4.78 is 37.1. The number of hydrogen-bond donors (Lipinski definition) is 1. The number of nitrogens with two attached hydrogens (primary N) is 1. The van der Waals surface area contributed by atoms with E-state index in [1.165, 1.54) is 6.20 Å². The van der Waals surface area contributed by atoms with E-state index in [1.54, 1.807) is 13.8 Å². The first-order valence-corrected chi connectivity index (χ1v) is 5.15. The molecule has 2 N–H and O–H groups in total. The van der Waals surface area contributed by atoms with Crippen molar-refractivity contribution in [3.8, 4) is 0 Å². The Hall–Kier alpha value is -1.37. The molecule has 1 rings (SSSR count). The lowest BCUT2D eigenvalue weighted by atomic mass is 10.3. The second-order valence-electron chi connectivity index (χ2n) is 3.72. The van der Waals surface area contributed by atoms with Crippen molar-refractivity contribution in [3.05, 3.63) is 17.6 Å². The lowest BCUT2D eigenvalue weighted by Gasteiger charge is -2.24. The number of aromatic nitrogens is 2. The van der Waals surface area contributed by atoms with E-state index >= 15 is 0 Å². The minimum atomic E-state index is -4.28. The van der Waals surface area contributed by atoms with Gasteiger partial charge in [0.15, 0.2) is 0 Å². The SMILES string of the molecule is Cc1ncc(N(CCN)CC(F)(F)F)nc1C. The number of rotatable bonds is 4. The molecule has 1 heterocycles. The van der Waals surface area contributed by atoms with Crippen LogP contribution >= 0.6 is 0 Å². The summed E-state index contributed by atoms with van der Waals surface area (Å²) in [5, 5.41) is 0. The van der Waals surface area contributed by atoms with E-state index in [9.17, 15) is 13.2 Å². The van der Waals surface area contributed by atoms with Gasteiger partial charge in [-0.05, 0) is 13.8 Å². The zero-order valence-electron chi connectivity index (χ0n) is 9.75. The van der Waals surface area contributed by atoms with Crippen LogP contribution in [0.2, 0.25) is 0 Å². The molecule has 7 heteroatoms. The summed E-state index contributed by atoms with van der Waals surface area (Å²) >= 11 is 0. The molecule has 0 radical (unpaired) electrons. The zero-order chi connectivity index (χ0) is 13.1. The van der Waals surface area contributed by atoms with Gasteiger partial charge >= 0.3 is 6.18 Å². The predicted octanol–water partition coefficient (Wildman–Crippen LogP) is 1.42. The molecule has 1 aromatic rings. The molecule has 0 aromatic carbocycles. The van der Waals surface area contributed by atoms with Gasteiger partial charge in [0.2, 0.25) is 0 Å². The van der Waals surface area contributed by atoms with Crippen LogP contribution in [0.3, 0.4) is 0 Å². The van der Waals surface area contributed by atoms with Crippen LogP contribution in [0.5, 0.6) is 0 Å². The molecule has 0 spiro atoms. The molecule has 96 valence electrons. The van der Waals surface area contributed by atoms with Gasteiger partial charge in [0.05, 0.1) is 17.6 Å². The van der Waals surface area contributed by atoms with E-state index in [2.05, 4.69) is 9.97 Å². The highest BCUT2D eigenvalue weighted by molar-refractivity contribution is 5.37. The maximum absolute atomic E-state index is 12.4. The van der Waals surface area contributed by atoms with Gasteiger partial charge in [-0.2, -0.15) is 13.2 Å². The zero-order valence-corrected chi connectivity index (χ0v) is 9.75. The van der Waals surface area contributed by atoms with Gasteiger partial charge in [-0.3, -0.25) is 4.98 Å². The second-order valence-corrected chi connectivity index (χ2v) is 3.72. The Morgan fingerprint density at radius 2 is 1.94 bits per heavy atom. The molecular formula is C10H15F3N4. The van der Waals surface area contributed by atoms with Crippen LogP contribution in [0.15, 0.2) is 6.20 Å². The number of aryl methyl sites for hydroxylation is 2. The maximum Gasteiger partial charge on any atom is 0.405 e. The van der Waals surface area contributed by atoms with E-state index in [0.29, 0.717) is 11.4 Å². The van der Waals surface area contributed by atoms with E-state index in [4.69, 9.17) is 5.73 Å². The van der Waals surface area contributed by atoms with Crippen molar-refractivity contribution in [2.75, 3.05) is 24.5 Å². The molecule has 4 nitrogen and oxygen atoms in total. The molecule has 0 bridgehead atoms. The Kier molecular flexibility index (Phi) is 4.28. The molecule has 0 fully saturated rings. The Labute approximate surface area is 97.7 Å². The highest BCUT2D eigenvalue weighted by Gasteiger charge is 2.31. The quantitative estimate of drug-likeness (QED) is 0.875. The van der Waals surface area contributed by atoms with Crippen molar-refractivity contribution in [1.29, 1.82) is 0 Å². The third-order valence-corrected chi connectivity index (χ3v) is 2.27. The molecule has 0 unspecified atom stereocenters. The molecule has 0 aliphatic carbocycles. The monoisotopic (exact) mass is 248 g/mol. The normalized spacial score (nSPS) is 11.6. The first kappa shape index (κ1) is 13.7. The summed E-state index contributed by atoms with van der Waals surface area (Å²) in [6.07, 6.45) is -2.95. The molecule has 0 aliphatic rings. The van der Waals surface area contributed by atoms with Gasteiger partial charge < -0.3 is 10.6 Å². The van der Waals surface area contributed by atoms with Crippen molar-refractivity contribution >= 4 is 5.82 Å². The van der Waals surface area contributed by atoms with E-state index < -0.39 is 12.7 Å². The second kappa shape index (κ2) is 5.31. The molecule has 0 atom stereocenters. The van der Waals surface area contributed by atoms with E-state index in [1.807, 2.05) is 0 Å². The fraction of sp³-hybridized carbons (Fsp3) is 0.600. The third kappa shape index (κ3) is 4.18. The smallest absolute Gasteiger partial charge is 0.345 e. The van der Waals surface area contributed by atoms with Crippen molar-refractivity contribution in [1.82, 2.24) is 9.97 Å². The van der Waals surface area contributed by atoms with Gasteiger partial charge in [-0.1, -0.05) is 0 Å². The Morgan fingerprint density at radius 1 is 1.29 bits per heavy atom. The average Bonchev–Trinajstić information content (AvgIpc) is 2.19. The number of halogens is 3. The maximum atomic E-state index is 12.4. The van der Waals surface area contributed by atoms with Gasteiger partial charge in [-0.25, -0.2) is 4.98 Å². The van der Waals surface area contributed by atoms with Crippen molar-refractivity contribution in [2.24, 2.45) is 5.73 Å². The summed E-state index contributed by atoms with van der Waals surface area (Å²) in [7, 11) is 0. The van der Waals surface area contributed by atoms with Crippen LogP contribution in [0.1, 0.15) is 11.4 Å². The van der Waals surface area contributed by atoms with Crippen molar-refractivity contribution < 1.29 is 13.2 Å². The summed E-state index contributed by atoms with van der Waals surface area (Å²) in [5.41, 5.74) is 6.62. The van der Waals surface area contributed by atoms with Gasteiger partial charge in [0, 0.05) is 13.1 Å². The van der Waals surface area contributed by atoms with Crippen LogP contribution in [-0.4, -0.2) is 35.8 Å². The number of anilines is 1. The fourth-order valence-corrected chi connectivity index (χ4v) is 1.33. The van der Waals surface area contributed by atoms with Gasteiger partial charge in [0.1, 0.15) is 12.4 Å². The van der Waals surface area contributed by atoms with Crippen LogP contribution < -0.4 is 10.6 Å². The topological polar surface area (TPSA) is 55.0 Å². The number of nitrogens with zero attached hydrogens (tertiary/aromatic N) is 3. The lowest BCUT2D eigenvalue weighted by Crippen LogP contribution is -2.38. The summed E-state index contributed by atoms with van der Waals surface area (Å²) in [5.74, 6) is 0.205. The molecule has 0 aliphatic heterocycles. The van der Waals surface area contributed by atoms with Crippen molar-refractivity contribution in [3.63, 3.8) is 0 Å². The summed E-state index contributed by atoms with van der Waals surface area (Å²) in [4.78, 5) is 9.17. The van der Waals surface area contributed by atoms with Crippen LogP contribution in [-0.2, 0) is 0 Å². The predicted molar refractivity (Wildman–Crippen MR) is 58.8 cm³/mol. The van der Waals surface area contributed by atoms with Gasteiger partial charge in [0.25, 0.3) is 0 Å². The summed E-state index contributed by atoms with van der Waals surface area (Å²) in [6, 6.07) is 0. The Bertz CT molecular complexity index is 378. The molecule has 1 aromatic heterocycles. The van der Waals surface area contributed by atoms with E-state index in [0.717, 1.165) is 4.90 Å². The van der Waals surface area contributed by atoms with Crippen molar-refractivity contribution in [2.45, 2.75) is 20.0 Å². The molecule has 0 saturated carbocycles. The largest absolute Gasteiger partial charge is 0.405 e. The highest BCUT2D eigenvalue weighted by Crippen LogP contribution is 2.20. The van der Waals surface area contributed by atoms with Crippen LogP contribution in [0.4, 0.5) is 19.0 Å². The van der Waals surface area contributed by atoms with E-state index in [-0.39, 0.29) is 18.9 Å². The average molecular weight is 248 g/mol. The Balaban J connectivity index is 2.93. The van der Waals surface area contributed by atoms with Crippen LogP contribution in [0, 0.1) is 13.8 Å². The third-order valence-electron chi connectivity index (χ3n) is 2.27. The molecule has 17 heavy (non-hydrogen) atoms. The molecule has 0 saturated heterocycles. The van der Waals surface area contributed by atoms with Gasteiger partial charge in [-0.15, -0.1) is 0 Å². The first-order valence-electron chi connectivity index (χ1n) is 5.15. The number of alkyl halides is 3. The molecule has 0 amide bonds. The molecular weight excluding hydrogens is 233 g/mol. The lowest BCUT2D eigenvalue weighted by molar-refractivity contribution is -0.119. The summed E-state index contributed by atoms with van der Waals surface area (Å²) in [6.45, 7) is 2.62. The Morgan fingerprint density at radius 3 is 2.41 bits per heavy atom. The first-order chi connectivity index (χ1) is 7.83. The fourth-order valence-electron chi connectivity index (χ4n) is 1.33. The minimum Gasteiger partial charge on any atom is -0.345 e. The minimum absolute atomic E-state index is 0.0939.